The lowest BCUT2D eigenvalue weighted by Crippen LogP contribution is -2.20. The molecule has 9 heteroatoms. The zero-order valence-corrected chi connectivity index (χ0v) is 21.6. The second kappa shape index (κ2) is 9.58. The number of ether oxygens (including phenoxy) is 2. The highest BCUT2D eigenvalue weighted by Crippen LogP contribution is 2.42. The van der Waals surface area contributed by atoms with E-state index in [1.54, 1.807) is 21.0 Å². The SMILES string of the molecule is COc1cc(C(c2c(C)[nH][nH]c2=O)c2c(C)[nH][nH]c2=O)cc(Br)c1OCc1cccc2ccccc12. The van der Waals surface area contributed by atoms with Gasteiger partial charge in [0.25, 0.3) is 11.1 Å². The van der Waals surface area contributed by atoms with E-state index >= 15 is 0 Å². The molecule has 36 heavy (non-hydrogen) atoms. The Bertz CT molecular complexity index is 1620. The molecule has 0 aliphatic heterocycles. The molecule has 0 radical (unpaired) electrons. The summed E-state index contributed by atoms with van der Waals surface area (Å²) < 4.78 is 12.6. The van der Waals surface area contributed by atoms with Crippen LogP contribution in [0.15, 0.2) is 68.7 Å². The van der Waals surface area contributed by atoms with Gasteiger partial charge in [0, 0.05) is 17.3 Å². The molecule has 5 aromatic rings. The van der Waals surface area contributed by atoms with Gasteiger partial charge in [-0.05, 0) is 63.8 Å². The molecule has 0 fully saturated rings. The number of rotatable bonds is 7. The number of fused-ring (bicyclic) bond motifs is 1. The van der Waals surface area contributed by atoms with Gasteiger partial charge >= 0.3 is 0 Å². The molecule has 0 aliphatic carbocycles. The maximum absolute atomic E-state index is 12.8. The summed E-state index contributed by atoms with van der Waals surface area (Å²) in [6.45, 7) is 3.93. The van der Waals surface area contributed by atoms with Gasteiger partial charge in [0.05, 0.1) is 22.7 Å². The zero-order valence-electron chi connectivity index (χ0n) is 20.0. The molecule has 0 unspecified atom stereocenters. The standard InChI is InChI=1S/C27H25BrN4O4/c1-14-22(26(33)31-29-14)24(23-15(2)30-32-27(23)34)18-11-20(28)25(21(12-18)35-3)36-13-17-9-6-8-16-7-4-5-10-19(16)17/h4-12,24H,13H2,1-3H3,(H2,29,31,33)(H2,30,32,34). The van der Waals surface area contributed by atoms with Crippen molar-refractivity contribution in [3.05, 3.63) is 113 Å². The number of halogens is 1. The molecule has 184 valence electrons. The largest absolute Gasteiger partial charge is 0.493 e. The number of benzene rings is 3. The topological polar surface area (TPSA) is 116 Å². The summed E-state index contributed by atoms with van der Waals surface area (Å²) >= 11 is 3.64. The van der Waals surface area contributed by atoms with E-state index in [-0.39, 0.29) is 11.1 Å². The van der Waals surface area contributed by atoms with Gasteiger partial charge in [-0.2, -0.15) is 0 Å². The average molecular weight is 549 g/mol. The summed E-state index contributed by atoms with van der Waals surface area (Å²) in [5.74, 6) is 0.387. The highest BCUT2D eigenvalue weighted by Gasteiger charge is 2.29. The van der Waals surface area contributed by atoms with E-state index in [4.69, 9.17) is 9.47 Å². The van der Waals surface area contributed by atoms with E-state index in [0.29, 0.717) is 50.7 Å². The number of methoxy groups -OCH3 is 1. The summed E-state index contributed by atoms with van der Waals surface area (Å²) in [5.41, 5.74) is 3.40. The molecule has 4 N–H and O–H groups in total. The van der Waals surface area contributed by atoms with Crippen molar-refractivity contribution in [2.24, 2.45) is 0 Å². The molecule has 8 nitrogen and oxygen atoms in total. The van der Waals surface area contributed by atoms with Crippen molar-refractivity contribution in [2.75, 3.05) is 7.11 Å². The molecule has 5 rings (SSSR count). The van der Waals surface area contributed by atoms with Crippen molar-refractivity contribution in [3.63, 3.8) is 0 Å². The Morgan fingerprint density at radius 1 is 0.861 bits per heavy atom. The number of aromatic nitrogens is 4. The summed E-state index contributed by atoms with van der Waals surface area (Å²) in [6, 6.07) is 17.9. The molecule has 2 aromatic heterocycles. The van der Waals surface area contributed by atoms with Crippen LogP contribution in [-0.4, -0.2) is 27.5 Å². The second-order valence-corrected chi connectivity index (χ2v) is 9.48. The van der Waals surface area contributed by atoms with E-state index < -0.39 is 5.92 Å². The van der Waals surface area contributed by atoms with E-state index in [2.05, 4.69) is 54.5 Å². The van der Waals surface area contributed by atoms with Crippen LogP contribution in [0.5, 0.6) is 11.5 Å². The predicted molar refractivity (Wildman–Crippen MR) is 142 cm³/mol. The van der Waals surface area contributed by atoms with Gasteiger partial charge in [0.1, 0.15) is 6.61 Å². The van der Waals surface area contributed by atoms with Crippen molar-refractivity contribution in [3.8, 4) is 11.5 Å². The first kappa shape index (κ1) is 23.7. The van der Waals surface area contributed by atoms with Gasteiger partial charge in [0.15, 0.2) is 11.5 Å². The molecule has 0 spiro atoms. The molecule has 0 saturated carbocycles. The normalized spacial score (nSPS) is 11.4. The monoisotopic (exact) mass is 548 g/mol. The Morgan fingerprint density at radius 2 is 1.50 bits per heavy atom. The van der Waals surface area contributed by atoms with E-state index in [9.17, 15) is 9.59 Å². The molecular formula is C27H25BrN4O4. The first-order valence-corrected chi connectivity index (χ1v) is 12.2. The number of nitrogens with one attached hydrogen (secondary N) is 4. The highest BCUT2D eigenvalue weighted by molar-refractivity contribution is 9.10. The lowest BCUT2D eigenvalue weighted by molar-refractivity contribution is 0.283. The van der Waals surface area contributed by atoms with Crippen LogP contribution in [-0.2, 0) is 6.61 Å². The number of hydrogen-bond donors (Lipinski definition) is 4. The molecule has 0 atom stereocenters. The molecule has 2 heterocycles. The minimum Gasteiger partial charge on any atom is -0.493 e. The van der Waals surface area contributed by atoms with Crippen LogP contribution >= 0.6 is 15.9 Å². The maximum Gasteiger partial charge on any atom is 0.268 e. The van der Waals surface area contributed by atoms with Crippen LogP contribution in [0, 0.1) is 13.8 Å². The van der Waals surface area contributed by atoms with Gasteiger partial charge in [-0.15, -0.1) is 0 Å². The van der Waals surface area contributed by atoms with Gasteiger partial charge in [-0.1, -0.05) is 42.5 Å². The first-order chi connectivity index (χ1) is 17.4. The third-order valence-corrected chi connectivity index (χ3v) is 7.03. The fourth-order valence-electron chi connectivity index (χ4n) is 4.70. The van der Waals surface area contributed by atoms with Gasteiger partial charge in [0.2, 0.25) is 0 Å². The van der Waals surface area contributed by atoms with Crippen LogP contribution in [0.25, 0.3) is 10.8 Å². The Kier molecular flexibility index (Phi) is 6.32. The fraction of sp³-hybridized carbons (Fsp3) is 0.185. The predicted octanol–water partition coefficient (Wildman–Crippen LogP) is 5.02. The maximum atomic E-state index is 12.8. The lowest BCUT2D eigenvalue weighted by atomic mass is 9.85. The van der Waals surface area contributed by atoms with Crippen LogP contribution in [0.1, 0.15) is 39.6 Å². The second-order valence-electron chi connectivity index (χ2n) is 8.63. The first-order valence-electron chi connectivity index (χ1n) is 11.4. The average Bonchev–Trinajstić information content (AvgIpc) is 3.39. The Labute approximate surface area is 214 Å². The van der Waals surface area contributed by atoms with Crippen LogP contribution < -0.4 is 20.6 Å². The van der Waals surface area contributed by atoms with Crippen molar-refractivity contribution in [2.45, 2.75) is 26.4 Å². The van der Waals surface area contributed by atoms with Crippen molar-refractivity contribution in [1.82, 2.24) is 20.4 Å². The minimum atomic E-state index is -0.632. The molecule has 0 aliphatic rings. The molecule has 0 amide bonds. The van der Waals surface area contributed by atoms with Crippen LogP contribution in [0.2, 0.25) is 0 Å². The Morgan fingerprint density at radius 3 is 2.11 bits per heavy atom. The fourth-order valence-corrected chi connectivity index (χ4v) is 5.27. The smallest absolute Gasteiger partial charge is 0.268 e. The van der Waals surface area contributed by atoms with Gasteiger partial charge < -0.3 is 19.7 Å². The number of H-pyrrole nitrogens is 4. The van der Waals surface area contributed by atoms with Crippen molar-refractivity contribution < 1.29 is 9.47 Å². The van der Waals surface area contributed by atoms with E-state index in [0.717, 1.165) is 16.3 Å². The molecule has 3 aromatic carbocycles. The Hall–Kier alpha value is -3.98. The summed E-state index contributed by atoms with van der Waals surface area (Å²) in [4.78, 5) is 25.5. The zero-order chi connectivity index (χ0) is 25.4. The van der Waals surface area contributed by atoms with E-state index in [1.807, 2.05) is 36.4 Å². The summed E-state index contributed by atoms with van der Waals surface area (Å²) in [5, 5.41) is 13.2. The lowest BCUT2D eigenvalue weighted by Gasteiger charge is -2.20. The quantitative estimate of drug-likeness (QED) is 0.228. The highest BCUT2D eigenvalue weighted by atomic mass is 79.9. The minimum absolute atomic E-state index is 0.288. The third kappa shape index (κ3) is 4.15. The molecule has 0 saturated heterocycles. The van der Waals surface area contributed by atoms with Crippen molar-refractivity contribution in [1.29, 1.82) is 0 Å². The molecular weight excluding hydrogens is 524 g/mol. The van der Waals surface area contributed by atoms with Crippen molar-refractivity contribution >= 4 is 26.7 Å². The third-order valence-electron chi connectivity index (χ3n) is 6.44. The molecule has 0 bridgehead atoms. The number of aromatic amines is 4. The van der Waals surface area contributed by atoms with Crippen LogP contribution in [0.3, 0.4) is 0 Å². The Balaban J connectivity index is 1.58. The van der Waals surface area contributed by atoms with Gasteiger partial charge in [-0.3, -0.25) is 19.8 Å². The van der Waals surface area contributed by atoms with E-state index in [1.165, 1.54) is 0 Å². The van der Waals surface area contributed by atoms with Gasteiger partial charge in [-0.25, -0.2) is 0 Å². The summed E-state index contributed by atoms with van der Waals surface area (Å²) in [6.07, 6.45) is 0. The number of hydrogen-bond acceptors (Lipinski definition) is 4. The summed E-state index contributed by atoms with van der Waals surface area (Å²) in [7, 11) is 1.56. The number of aryl methyl sites for hydroxylation is 2. The van der Waals surface area contributed by atoms with Crippen LogP contribution in [0.4, 0.5) is 0 Å².